The summed E-state index contributed by atoms with van der Waals surface area (Å²) >= 11 is 0. The van der Waals surface area contributed by atoms with E-state index < -0.39 is 17.9 Å². The number of ether oxygens (including phenoxy) is 1. The highest BCUT2D eigenvalue weighted by Crippen LogP contribution is 2.38. The molecule has 1 aliphatic heterocycles. The number of carbonyl (C=O) groups is 2. The first kappa shape index (κ1) is 18.9. The van der Waals surface area contributed by atoms with Gasteiger partial charge in [-0.25, -0.2) is 0 Å². The molecule has 142 valence electrons. The number of hydrogen-bond acceptors (Lipinski definition) is 5. The van der Waals surface area contributed by atoms with Crippen LogP contribution in [0.2, 0.25) is 0 Å². The van der Waals surface area contributed by atoms with Crippen molar-refractivity contribution in [2.24, 2.45) is 0 Å². The van der Waals surface area contributed by atoms with E-state index in [9.17, 15) is 19.8 Å². The number of fused-ring (bicyclic) bond motifs is 1. The lowest BCUT2D eigenvalue weighted by atomic mass is 9.99. The van der Waals surface area contributed by atoms with Gasteiger partial charge in [0.25, 0.3) is 11.8 Å². The van der Waals surface area contributed by atoms with E-state index in [4.69, 9.17) is 4.74 Å². The maximum Gasteiger partial charge on any atom is 0.265 e. The van der Waals surface area contributed by atoms with Crippen LogP contribution in [0.15, 0.2) is 36.4 Å². The molecule has 2 aromatic carbocycles. The lowest BCUT2D eigenvalue weighted by molar-refractivity contribution is 0.0557. The lowest BCUT2D eigenvalue weighted by Crippen LogP contribution is -2.34. The molecule has 3 rings (SSSR count). The van der Waals surface area contributed by atoms with E-state index in [-0.39, 0.29) is 29.9 Å². The van der Waals surface area contributed by atoms with Gasteiger partial charge >= 0.3 is 0 Å². The van der Waals surface area contributed by atoms with Gasteiger partial charge in [0.15, 0.2) is 0 Å². The van der Waals surface area contributed by atoms with E-state index in [1.54, 1.807) is 0 Å². The fourth-order valence-corrected chi connectivity index (χ4v) is 3.50. The third-order valence-electron chi connectivity index (χ3n) is 4.80. The molecule has 6 heteroatoms. The summed E-state index contributed by atoms with van der Waals surface area (Å²) in [7, 11) is 0. The van der Waals surface area contributed by atoms with Crippen molar-refractivity contribution in [1.82, 2.24) is 4.90 Å². The average molecular weight is 369 g/mol. The summed E-state index contributed by atoms with van der Waals surface area (Å²) in [5, 5.41) is 19.6. The standard InChI is InChI=1S/C21H23NO5/c1-3-13-8-9-14(12-18(13)27-4-2)16(10-11-23)22-20(25)15-6-5-7-17(24)19(15)21(22)26/h5-9,12,16,23-24H,3-4,10-11H2,1-2H3. The zero-order valence-corrected chi connectivity index (χ0v) is 15.4. The quantitative estimate of drug-likeness (QED) is 0.733. The first-order chi connectivity index (χ1) is 13.0. The van der Waals surface area contributed by atoms with E-state index >= 15 is 0 Å². The minimum Gasteiger partial charge on any atom is -0.507 e. The Kier molecular flexibility index (Phi) is 5.46. The van der Waals surface area contributed by atoms with Gasteiger partial charge in [-0.3, -0.25) is 14.5 Å². The molecule has 1 atom stereocenters. The van der Waals surface area contributed by atoms with E-state index in [1.807, 2.05) is 32.0 Å². The second-order valence-corrected chi connectivity index (χ2v) is 6.36. The lowest BCUT2D eigenvalue weighted by Gasteiger charge is -2.27. The number of aliphatic hydroxyl groups is 1. The van der Waals surface area contributed by atoms with Crippen LogP contribution >= 0.6 is 0 Å². The van der Waals surface area contributed by atoms with Crippen LogP contribution in [0.3, 0.4) is 0 Å². The second-order valence-electron chi connectivity index (χ2n) is 6.36. The molecule has 0 radical (unpaired) electrons. The number of rotatable bonds is 7. The number of phenols is 1. The van der Waals surface area contributed by atoms with Gasteiger partial charge in [-0.15, -0.1) is 0 Å². The Morgan fingerprint density at radius 2 is 1.89 bits per heavy atom. The van der Waals surface area contributed by atoms with E-state index in [1.165, 1.54) is 18.2 Å². The fraction of sp³-hybridized carbons (Fsp3) is 0.333. The minimum atomic E-state index is -0.646. The van der Waals surface area contributed by atoms with Crippen LogP contribution in [0.4, 0.5) is 0 Å². The smallest absolute Gasteiger partial charge is 0.265 e. The van der Waals surface area contributed by atoms with E-state index in [2.05, 4.69) is 0 Å². The van der Waals surface area contributed by atoms with Gasteiger partial charge in [0, 0.05) is 6.61 Å². The van der Waals surface area contributed by atoms with Crippen LogP contribution in [-0.2, 0) is 6.42 Å². The molecule has 0 fully saturated rings. The van der Waals surface area contributed by atoms with Crippen molar-refractivity contribution in [3.63, 3.8) is 0 Å². The predicted octanol–water partition coefficient (Wildman–Crippen LogP) is 3.07. The van der Waals surface area contributed by atoms with Gasteiger partial charge in [-0.05, 0) is 49.1 Å². The molecule has 2 aromatic rings. The molecule has 1 aliphatic rings. The normalized spacial score (nSPS) is 14.4. The number of phenolic OH excluding ortho intramolecular Hbond substituents is 1. The van der Waals surface area contributed by atoms with Crippen molar-refractivity contribution in [1.29, 1.82) is 0 Å². The molecule has 0 spiro atoms. The highest BCUT2D eigenvalue weighted by atomic mass is 16.5. The van der Waals surface area contributed by atoms with Gasteiger partial charge in [-0.2, -0.15) is 0 Å². The Bertz CT molecular complexity index is 877. The molecule has 2 amide bonds. The summed E-state index contributed by atoms with van der Waals surface area (Å²) in [5.74, 6) is -0.529. The number of aliphatic hydroxyl groups excluding tert-OH is 1. The summed E-state index contributed by atoms with van der Waals surface area (Å²) in [6, 6.07) is 9.39. The predicted molar refractivity (Wildman–Crippen MR) is 100 cm³/mol. The average Bonchev–Trinajstić information content (AvgIpc) is 2.92. The Hall–Kier alpha value is -2.86. The molecular formula is C21H23NO5. The number of hydrogen-bond donors (Lipinski definition) is 2. The largest absolute Gasteiger partial charge is 0.507 e. The van der Waals surface area contributed by atoms with Gasteiger partial charge in [0.05, 0.1) is 23.8 Å². The molecule has 0 saturated carbocycles. The third kappa shape index (κ3) is 3.28. The molecule has 2 N–H and O–H groups in total. The van der Waals surface area contributed by atoms with Crippen LogP contribution in [0, 0.1) is 0 Å². The Morgan fingerprint density at radius 3 is 2.52 bits per heavy atom. The summed E-state index contributed by atoms with van der Waals surface area (Å²) in [6.45, 7) is 4.23. The molecule has 0 saturated heterocycles. The number of carbonyl (C=O) groups excluding carboxylic acids is 2. The van der Waals surface area contributed by atoms with E-state index in [0.717, 1.165) is 16.9 Å². The molecule has 1 heterocycles. The summed E-state index contributed by atoms with van der Waals surface area (Å²) < 4.78 is 5.70. The molecule has 27 heavy (non-hydrogen) atoms. The molecular weight excluding hydrogens is 346 g/mol. The minimum absolute atomic E-state index is 0.0145. The zero-order chi connectivity index (χ0) is 19.6. The van der Waals surface area contributed by atoms with Crippen molar-refractivity contribution < 1.29 is 24.5 Å². The van der Waals surface area contributed by atoms with Crippen molar-refractivity contribution >= 4 is 11.8 Å². The number of nitrogens with zero attached hydrogens (tertiary/aromatic N) is 1. The zero-order valence-electron chi connectivity index (χ0n) is 15.4. The Morgan fingerprint density at radius 1 is 1.11 bits per heavy atom. The first-order valence-corrected chi connectivity index (χ1v) is 9.09. The molecule has 1 unspecified atom stereocenters. The molecule has 0 aliphatic carbocycles. The van der Waals surface area contributed by atoms with Gasteiger partial charge < -0.3 is 14.9 Å². The summed E-state index contributed by atoms with van der Waals surface area (Å²) in [5.41, 5.74) is 1.93. The second kappa shape index (κ2) is 7.80. The van der Waals surface area contributed by atoms with Crippen molar-refractivity contribution in [2.75, 3.05) is 13.2 Å². The number of imide groups is 1. The van der Waals surface area contributed by atoms with Crippen LogP contribution in [0.25, 0.3) is 0 Å². The SMILES string of the molecule is CCOc1cc(C(CCO)N2C(=O)c3cccc(O)c3C2=O)ccc1CC. The maximum atomic E-state index is 12.9. The first-order valence-electron chi connectivity index (χ1n) is 9.09. The van der Waals surface area contributed by atoms with Crippen LogP contribution in [0.5, 0.6) is 11.5 Å². The topological polar surface area (TPSA) is 87.1 Å². The third-order valence-corrected chi connectivity index (χ3v) is 4.80. The van der Waals surface area contributed by atoms with Crippen molar-refractivity contribution in [2.45, 2.75) is 32.7 Å². The highest BCUT2D eigenvalue weighted by Gasteiger charge is 2.42. The van der Waals surface area contributed by atoms with Gasteiger partial charge in [0.2, 0.25) is 0 Å². The number of amides is 2. The van der Waals surface area contributed by atoms with Crippen LogP contribution in [0.1, 0.15) is 58.2 Å². The summed E-state index contributed by atoms with van der Waals surface area (Å²) in [6.07, 6.45) is 0.991. The summed E-state index contributed by atoms with van der Waals surface area (Å²) in [4.78, 5) is 26.9. The van der Waals surface area contributed by atoms with Gasteiger partial charge in [-0.1, -0.05) is 25.1 Å². The highest BCUT2D eigenvalue weighted by molar-refractivity contribution is 6.22. The molecule has 0 bridgehead atoms. The Balaban J connectivity index is 2.05. The fourth-order valence-electron chi connectivity index (χ4n) is 3.50. The molecule has 0 aromatic heterocycles. The molecule has 6 nitrogen and oxygen atoms in total. The number of benzene rings is 2. The maximum absolute atomic E-state index is 12.9. The van der Waals surface area contributed by atoms with Crippen molar-refractivity contribution in [3.05, 3.63) is 58.7 Å². The monoisotopic (exact) mass is 369 g/mol. The number of aromatic hydroxyl groups is 1. The van der Waals surface area contributed by atoms with Crippen LogP contribution in [-0.4, -0.2) is 40.1 Å². The van der Waals surface area contributed by atoms with E-state index in [0.29, 0.717) is 17.9 Å². The Labute approximate surface area is 158 Å². The van der Waals surface area contributed by atoms with Crippen molar-refractivity contribution in [3.8, 4) is 11.5 Å². The van der Waals surface area contributed by atoms with Gasteiger partial charge in [0.1, 0.15) is 11.5 Å². The van der Waals surface area contributed by atoms with Crippen LogP contribution < -0.4 is 4.74 Å². The number of aryl methyl sites for hydroxylation is 1.